The first-order valence-corrected chi connectivity index (χ1v) is 3.69. The number of aromatic amines is 1. The summed E-state index contributed by atoms with van der Waals surface area (Å²) < 4.78 is 1.83. The lowest BCUT2D eigenvalue weighted by atomic mass is 10.3. The van der Waals surface area contributed by atoms with E-state index < -0.39 is 0 Å². The molecular formula is C8H9N3O. The van der Waals surface area contributed by atoms with E-state index in [1.54, 1.807) is 6.33 Å². The smallest absolute Gasteiger partial charge is 0.276 e. The molecule has 0 saturated carbocycles. The molecule has 0 fully saturated rings. The molecule has 0 spiro atoms. The monoisotopic (exact) mass is 163 g/mol. The Hall–Kier alpha value is -1.58. The van der Waals surface area contributed by atoms with Gasteiger partial charge in [-0.2, -0.15) is 0 Å². The summed E-state index contributed by atoms with van der Waals surface area (Å²) in [6.45, 7) is 1.86. The lowest BCUT2D eigenvalue weighted by molar-refractivity contribution is 0.946. The number of aromatic nitrogens is 3. The molecule has 0 aliphatic heterocycles. The molecule has 0 saturated heterocycles. The molecule has 1 N–H and O–H groups in total. The molecule has 12 heavy (non-hydrogen) atoms. The van der Waals surface area contributed by atoms with Crippen molar-refractivity contribution in [3.05, 3.63) is 28.4 Å². The van der Waals surface area contributed by atoms with Crippen LogP contribution in [-0.4, -0.2) is 14.5 Å². The van der Waals surface area contributed by atoms with Gasteiger partial charge >= 0.3 is 0 Å². The zero-order valence-electron chi connectivity index (χ0n) is 6.96. The van der Waals surface area contributed by atoms with E-state index in [0.717, 1.165) is 11.2 Å². The van der Waals surface area contributed by atoms with Crippen LogP contribution >= 0.6 is 0 Å². The van der Waals surface area contributed by atoms with E-state index in [1.165, 1.54) is 0 Å². The predicted molar refractivity (Wildman–Crippen MR) is 46.1 cm³/mol. The summed E-state index contributed by atoms with van der Waals surface area (Å²) in [6, 6.07) is 1.91. The highest BCUT2D eigenvalue weighted by atomic mass is 16.1. The molecule has 0 aliphatic rings. The van der Waals surface area contributed by atoms with Gasteiger partial charge in [0.25, 0.3) is 5.56 Å². The summed E-state index contributed by atoms with van der Waals surface area (Å²) in [5.41, 5.74) is 2.11. The van der Waals surface area contributed by atoms with Crippen LogP contribution in [0.3, 0.4) is 0 Å². The van der Waals surface area contributed by atoms with Gasteiger partial charge in [0.2, 0.25) is 0 Å². The zero-order chi connectivity index (χ0) is 8.72. The van der Waals surface area contributed by atoms with Gasteiger partial charge in [0.05, 0.1) is 11.8 Å². The van der Waals surface area contributed by atoms with E-state index in [-0.39, 0.29) is 5.56 Å². The van der Waals surface area contributed by atoms with Crippen molar-refractivity contribution in [2.45, 2.75) is 6.92 Å². The van der Waals surface area contributed by atoms with Gasteiger partial charge in [-0.25, -0.2) is 4.98 Å². The molecule has 2 rings (SSSR count). The minimum Gasteiger partial charge on any atom is -0.334 e. The van der Waals surface area contributed by atoms with Gasteiger partial charge in [-0.3, -0.25) is 4.79 Å². The number of imidazole rings is 1. The second-order valence-electron chi connectivity index (χ2n) is 2.87. The normalized spacial score (nSPS) is 10.8. The van der Waals surface area contributed by atoms with Gasteiger partial charge in [-0.05, 0) is 13.0 Å². The van der Waals surface area contributed by atoms with Crippen LogP contribution in [0.25, 0.3) is 11.0 Å². The Kier molecular flexibility index (Phi) is 1.30. The van der Waals surface area contributed by atoms with Gasteiger partial charge in [0, 0.05) is 12.7 Å². The van der Waals surface area contributed by atoms with Gasteiger partial charge in [-0.15, -0.1) is 0 Å². The van der Waals surface area contributed by atoms with Crippen molar-refractivity contribution in [2.24, 2.45) is 7.05 Å². The summed E-state index contributed by atoms with van der Waals surface area (Å²) >= 11 is 0. The summed E-state index contributed by atoms with van der Waals surface area (Å²) in [5.74, 6) is 0. The Morgan fingerprint density at radius 3 is 3.08 bits per heavy atom. The minimum absolute atomic E-state index is 0.120. The molecule has 4 nitrogen and oxygen atoms in total. The molecule has 2 heterocycles. The number of aryl methyl sites for hydroxylation is 2. The van der Waals surface area contributed by atoms with E-state index in [1.807, 2.05) is 24.6 Å². The van der Waals surface area contributed by atoms with Crippen LogP contribution in [0.5, 0.6) is 0 Å². The Labute approximate surface area is 68.9 Å². The maximum atomic E-state index is 11.3. The van der Waals surface area contributed by atoms with Crippen molar-refractivity contribution in [1.82, 2.24) is 14.5 Å². The molecule has 2 aromatic heterocycles. The fraction of sp³-hybridized carbons (Fsp3) is 0.250. The van der Waals surface area contributed by atoms with Crippen molar-refractivity contribution in [2.75, 3.05) is 0 Å². The molecule has 0 aromatic carbocycles. The quantitative estimate of drug-likeness (QED) is 0.617. The molecule has 2 aromatic rings. The number of H-pyrrole nitrogens is 1. The fourth-order valence-electron chi connectivity index (χ4n) is 1.26. The predicted octanol–water partition coefficient (Wildman–Crippen LogP) is 0.570. The standard InChI is InChI=1S/C8H9N3O/c1-5-3-6-7(8(12)10-5)9-4-11(6)2/h3-4H,1-2H3,(H,10,12). The zero-order valence-corrected chi connectivity index (χ0v) is 6.96. The topological polar surface area (TPSA) is 50.7 Å². The molecule has 0 amide bonds. The molecule has 0 aliphatic carbocycles. The fourth-order valence-corrected chi connectivity index (χ4v) is 1.26. The maximum Gasteiger partial charge on any atom is 0.276 e. The Bertz CT molecular complexity index is 480. The third kappa shape index (κ3) is 0.845. The summed E-state index contributed by atoms with van der Waals surface area (Å²) in [4.78, 5) is 18.0. The van der Waals surface area contributed by atoms with Gasteiger partial charge in [0.1, 0.15) is 0 Å². The molecular weight excluding hydrogens is 154 g/mol. The van der Waals surface area contributed by atoms with Crippen molar-refractivity contribution >= 4 is 11.0 Å². The number of rotatable bonds is 0. The molecule has 0 atom stereocenters. The number of hydrogen-bond acceptors (Lipinski definition) is 2. The van der Waals surface area contributed by atoms with Crippen LogP contribution in [0, 0.1) is 6.92 Å². The Balaban J connectivity index is 3.03. The average molecular weight is 163 g/mol. The highest BCUT2D eigenvalue weighted by Gasteiger charge is 2.03. The van der Waals surface area contributed by atoms with Gasteiger partial charge < -0.3 is 9.55 Å². The molecule has 62 valence electrons. The third-order valence-electron chi connectivity index (χ3n) is 1.86. The highest BCUT2D eigenvalue weighted by molar-refractivity contribution is 5.74. The number of nitrogens with one attached hydrogen (secondary N) is 1. The Morgan fingerprint density at radius 2 is 2.33 bits per heavy atom. The summed E-state index contributed by atoms with van der Waals surface area (Å²) in [6.07, 6.45) is 1.64. The summed E-state index contributed by atoms with van der Waals surface area (Å²) in [5, 5.41) is 0. The Morgan fingerprint density at radius 1 is 1.58 bits per heavy atom. The first-order valence-electron chi connectivity index (χ1n) is 3.69. The largest absolute Gasteiger partial charge is 0.334 e. The first kappa shape index (κ1) is 7.09. The number of pyridine rings is 1. The molecule has 0 bridgehead atoms. The minimum atomic E-state index is -0.120. The lowest BCUT2D eigenvalue weighted by Gasteiger charge is -1.94. The molecule has 0 radical (unpaired) electrons. The number of fused-ring (bicyclic) bond motifs is 1. The van der Waals surface area contributed by atoms with E-state index in [0.29, 0.717) is 5.52 Å². The summed E-state index contributed by atoms with van der Waals surface area (Å²) in [7, 11) is 1.87. The van der Waals surface area contributed by atoms with Crippen LogP contribution < -0.4 is 5.56 Å². The SMILES string of the molecule is Cc1cc2c(ncn2C)c(=O)[nH]1. The van der Waals surface area contributed by atoms with Crippen molar-refractivity contribution in [1.29, 1.82) is 0 Å². The van der Waals surface area contributed by atoms with Crippen LogP contribution in [0.15, 0.2) is 17.2 Å². The second-order valence-corrected chi connectivity index (χ2v) is 2.87. The van der Waals surface area contributed by atoms with E-state index >= 15 is 0 Å². The van der Waals surface area contributed by atoms with Crippen molar-refractivity contribution in [3.8, 4) is 0 Å². The van der Waals surface area contributed by atoms with Crippen LogP contribution in [0.1, 0.15) is 5.69 Å². The van der Waals surface area contributed by atoms with Crippen molar-refractivity contribution in [3.63, 3.8) is 0 Å². The van der Waals surface area contributed by atoms with Crippen LogP contribution in [0.2, 0.25) is 0 Å². The highest BCUT2D eigenvalue weighted by Crippen LogP contribution is 2.06. The number of hydrogen-bond donors (Lipinski definition) is 1. The molecule has 0 unspecified atom stereocenters. The van der Waals surface area contributed by atoms with E-state index in [4.69, 9.17) is 0 Å². The number of nitrogens with zero attached hydrogens (tertiary/aromatic N) is 2. The van der Waals surface area contributed by atoms with Crippen LogP contribution in [0.4, 0.5) is 0 Å². The van der Waals surface area contributed by atoms with Crippen LogP contribution in [-0.2, 0) is 7.05 Å². The maximum absolute atomic E-state index is 11.3. The van der Waals surface area contributed by atoms with E-state index in [9.17, 15) is 4.79 Å². The van der Waals surface area contributed by atoms with Gasteiger partial charge in [0.15, 0.2) is 5.52 Å². The van der Waals surface area contributed by atoms with E-state index in [2.05, 4.69) is 9.97 Å². The average Bonchev–Trinajstić information content (AvgIpc) is 2.33. The molecule has 4 heteroatoms. The lowest BCUT2D eigenvalue weighted by Crippen LogP contribution is -2.07. The first-order chi connectivity index (χ1) is 5.68. The van der Waals surface area contributed by atoms with Gasteiger partial charge in [-0.1, -0.05) is 0 Å². The second kappa shape index (κ2) is 2.20. The van der Waals surface area contributed by atoms with Crippen molar-refractivity contribution < 1.29 is 0 Å². The third-order valence-corrected chi connectivity index (χ3v) is 1.86.